The number of hydrogen-bond acceptors (Lipinski definition) is 3. The van der Waals surface area contributed by atoms with Crippen molar-refractivity contribution in [2.24, 2.45) is 0 Å². The first-order valence-electron chi connectivity index (χ1n) is 3.82. The molecule has 0 bridgehead atoms. The average molecular weight is 163 g/mol. The van der Waals surface area contributed by atoms with Gasteiger partial charge in [-0.05, 0) is 6.92 Å². The molecule has 0 amide bonds. The molecule has 0 spiro atoms. The van der Waals surface area contributed by atoms with Crippen LogP contribution in [-0.4, -0.2) is 14.8 Å². The van der Waals surface area contributed by atoms with Crippen molar-refractivity contribution in [1.29, 1.82) is 0 Å². The number of hydrogen-bond donors (Lipinski definition) is 0. The fourth-order valence-electron chi connectivity index (χ4n) is 1.01. The van der Waals surface area contributed by atoms with Gasteiger partial charge in [-0.25, -0.2) is 4.98 Å². The van der Waals surface area contributed by atoms with Crippen LogP contribution in [0.1, 0.15) is 6.92 Å². The number of oxazole rings is 1. The fourth-order valence-corrected chi connectivity index (χ4v) is 1.01. The first-order chi connectivity index (χ1) is 5.90. The van der Waals surface area contributed by atoms with Gasteiger partial charge in [0, 0.05) is 12.7 Å². The Balaban J connectivity index is 2.35. The molecule has 4 heteroatoms. The Morgan fingerprint density at radius 1 is 1.58 bits per heavy atom. The highest BCUT2D eigenvalue weighted by Gasteiger charge is 2.03. The summed E-state index contributed by atoms with van der Waals surface area (Å²) in [5.41, 5.74) is 0.918. The molecule has 62 valence electrons. The third-order valence-electron chi connectivity index (χ3n) is 1.64. The molecule has 0 aliphatic carbocycles. The lowest BCUT2D eigenvalue weighted by atomic mass is 10.4. The van der Waals surface area contributed by atoms with E-state index in [-0.39, 0.29) is 0 Å². The highest BCUT2D eigenvalue weighted by Crippen LogP contribution is 2.14. The second-order valence-corrected chi connectivity index (χ2v) is 2.42. The second kappa shape index (κ2) is 2.81. The Labute approximate surface area is 69.8 Å². The molecule has 0 atom stereocenters. The zero-order valence-corrected chi connectivity index (χ0v) is 6.77. The number of rotatable bonds is 2. The van der Waals surface area contributed by atoms with E-state index in [1.165, 1.54) is 0 Å². The van der Waals surface area contributed by atoms with E-state index in [9.17, 15) is 0 Å². The lowest BCUT2D eigenvalue weighted by Gasteiger charge is -1.89. The normalized spacial score (nSPS) is 10.4. The molecule has 0 aliphatic heterocycles. The van der Waals surface area contributed by atoms with Crippen LogP contribution in [0.25, 0.3) is 11.5 Å². The minimum absolute atomic E-state index is 0.620. The highest BCUT2D eigenvalue weighted by atomic mass is 16.3. The van der Waals surface area contributed by atoms with Crippen LogP contribution < -0.4 is 0 Å². The first kappa shape index (κ1) is 7.09. The summed E-state index contributed by atoms with van der Waals surface area (Å²) in [6, 6.07) is 0. The van der Waals surface area contributed by atoms with Gasteiger partial charge in [0.05, 0.1) is 18.0 Å². The van der Waals surface area contributed by atoms with E-state index in [0.29, 0.717) is 5.89 Å². The fraction of sp³-hybridized carbons (Fsp3) is 0.250. The van der Waals surface area contributed by atoms with Crippen molar-refractivity contribution >= 4 is 0 Å². The molecule has 0 aliphatic rings. The Morgan fingerprint density at radius 3 is 3.08 bits per heavy atom. The molecule has 0 saturated carbocycles. The molecule has 0 radical (unpaired) electrons. The van der Waals surface area contributed by atoms with E-state index in [1.54, 1.807) is 18.7 Å². The Kier molecular flexibility index (Phi) is 1.66. The van der Waals surface area contributed by atoms with E-state index in [4.69, 9.17) is 4.42 Å². The van der Waals surface area contributed by atoms with Crippen LogP contribution in [0, 0.1) is 0 Å². The van der Waals surface area contributed by atoms with Crippen molar-refractivity contribution in [3.63, 3.8) is 0 Å². The largest absolute Gasteiger partial charge is 0.444 e. The third-order valence-corrected chi connectivity index (χ3v) is 1.64. The molecule has 12 heavy (non-hydrogen) atoms. The molecule has 0 N–H and O–H groups in total. The molecule has 2 heterocycles. The quantitative estimate of drug-likeness (QED) is 0.674. The summed E-state index contributed by atoms with van der Waals surface area (Å²) in [5.74, 6) is 0.620. The predicted octanol–water partition coefficient (Wildman–Crippen LogP) is 1.56. The first-order valence-corrected chi connectivity index (χ1v) is 3.82. The van der Waals surface area contributed by atoms with Crippen LogP contribution in [0.15, 0.2) is 29.3 Å². The van der Waals surface area contributed by atoms with Crippen molar-refractivity contribution in [3.8, 4) is 11.5 Å². The van der Waals surface area contributed by atoms with Crippen molar-refractivity contribution in [1.82, 2.24) is 14.8 Å². The van der Waals surface area contributed by atoms with E-state index in [2.05, 4.69) is 10.1 Å². The molecule has 2 aromatic heterocycles. The molecule has 0 unspecified atom stereocenters. The van der Waals surface area contributed by atoms with Gasteiger partial charge in [-0.15, -0.1) is 0 Å². The number of aromatic nitrogens is 3. The minimum Gasteiger partial charge on any atom is -0.444 e. The van der Waals surface area contributed by atoms with Gasteiger partial charge < -0.3 is 4.42 Å². The van der Waals surface area contributed by atoms with Crippen molar-refractivity contribution in [3.05, 3.63) is 24.9 Å². The molecule has 2 rings (SSSR count). The lowest BCUT2D eigenvalue weighted by Crippen LogP contribution is -1.91. The van der Waals surface area contributed by atoms with Crippen LogP contribution in [0.2, 0.25) is 0 Å². The topological polar surface area (TPSA) is 43.9 Å². The molecular formula is C8H9N3O. The zero-order valence-electron chi connectivity index (χ0n) is 6.77. The molecular weight excluding hydrogens is 154 g/mol. The monoisotopic (exact) mass is 163 g/mol. The highest BCUT2D eigenvalue weighted by molar-refractivity contribution is 5.49. The van der Waals surface area contributed by atoms with Crippen LogP contribution >= 0.6 is 0 Å². The Morgan fingerprint density at radius 2 is 2.50 bits per heavy atom. The van der Waals surface area contributed by atoms with E-state index >= 15 is 0 Å². The van der Waals surface area contributed by atoms with Crippen molar-refractivity contribution in [2.75, 3.05) is 0 Å². The summed E-state index contributed by atoms with van der Waals surface area (Å²) < 4.78 is 6.95. The van der Waals surface area contributed by atoms with Gasteiger partial charge in [-0.1, -0.05) is 0 Å². The van der Waals surface area contributed by atoms with Gasteiger partial charge in [0.15, 0.2) is 0 Å². The van der Waals surface area contributed by atoms with Crippen molar-refractivity contribution in [2.45, 2.75) is 13.5 Å². The SMILES string of the molecule is CCn1cc(-c2ncco2)cn1. The maximum absolute atomic E-state index is 5.11. The minimum atomic E-state index is 0.620. The van der Waals surface area contributed by atoms with E-state index in [0.717, 1.165) is 12.1 Å². The number of aryl methyl sites for hydroxylation is 1. The van der Waals surface area contributed by atoms with Crippen LogP contribution in [-0.2, 0) is 6.54 Å². The molecule has 2 aromatic rings. The van der Waals surface area contributed by atoms with Gasteiger partial charge in [-0.2, -0.15) is 5.10 Å². The summed E-state index contributed by atoms with van der Waals surface area (Å²) in [5, 5.41) is 4.11. The lowest BCUT2D eigenvalue weighted by molar-refractivity contribution is 0.574. The van der Waals surface area contributed by atoms with Gasteiger partial charge in [-0.3, -0.25) is 4.68 Å². The summed E-state index contributed by atoms with van der Waals surface area (Å²) in [4.78, 5) is 4.01. The average Bonchev–Trinajstić information content (AvgIpc) is 2.75. The van der Waals surface area contributed by atoms with Gasteiger partial charge >= 0.3 is 0 Å². The van der Waals surface area contributed by atoms with Crippen LogP contribution in [0.3, 0.4) is 0 Å². The van der Waals surface area contributed by atoms with Crippen molar-refractivity contribution < 1.29 is 4.42 Å². The smallest absolute Gasteiger partial charge is 0.229 e. The van der Waals surface area contributed by atoms with E-state index < -0.39 is 0 Å². The maximum Gasteiger partial charge on any atom is 0.229 e. The number of nitrogens with zero attached hydrogens (tertiary/aromatic N) is 3. The van der Waals surface area contributed by atoms with Gasteiger partial charge in [0.25, 0.3) is 0 Å². The van der Waals surface area contributed by atoms with Gasteiger partial charge in [0.2, 0.25) is 5.89 Å². The maximum atomic E-state index is 5.11. The van der Waals surface area contributed by atoms with Gasteiger partial charge in [0.1, 0.15) is 6.26 Å². The third kappa shape index (κ3) is 1.11. The standard InChI is InChI=1S/C8H9N3O/c1-2-11-6-7(5-10-11)8-9-3-4-12-8/h3-6H,2H2,1H3. The van der Waals surface area contributed by atoms with E-state index in [1.807, 2.05) is 17.8 Å². The van der Waals surface area contributed by atoms with Crippen LogP contribution in [0.4, 0.5) is 0 Å². The summed E-state index contributed by atoms with van der Waals surface area (Å²) in [6.45, 7) is 2.90. The molecule has 0 fully saturated rings. The second-order valence-electron chi connectivity index (χ2n) is 2.42. The summed E-state index contributed by atoms with van der Waals surface area (Å²) in [6.07, 6.45) is 6.83. The zero-order chi connectivity index (χ0) is 8.39. The van der Waals surface area contributed by atoms with Crippen LogP contribution in [0.5, 0.6) is 0 Å². The predicted molar refractivity (Wildman–Crippen MR) is 43.4 cm³/mol. The summed E-state index contributed by atoms with van der Waals surface area (Å²) in [7, 11) is 0. The Bertz CT molecular complexity index is 350. The molecule has 4 nitrogen and oxygen atoms in total. The molecule has 0 saturated heterocycles. The molecule has 0 aromatic carbocycles. The Hall–Kier alpha value is -1.58. The summed E-state index contributed by atoms with van der Waals surface area (Å²) >= 11 is 0.